The van der Waals surface area contributed by atoms with Gasteiger partial charge in [-0.3, -0.25) is 9.78 Å². The molecule has 0 saturated carbocycles. The van der Waals surface area contributed by atoms with Gasteiger partial charge in [0.1, 0.15) is 0 Å². The molecule has 4 nitrogen and oxygen atoms in total. The van der Waals surface area contributed by atoms with Gasteiger partial charge in [-0.05, 0) is 48.4 Å². The van der Waals surface area contributed by atoms with Crippen molar-refractivity contribution in [2.24, 2.45) is 5.92 Å². The van der Waals surface area contributed by atoms with Gasteiger partial charge in [0.05, 0.1) is 10.9 Å². The highest BCUT2D eigenvalue weighted by atomic mass is 32.1. The summed E-state index contributed by atoms with van der Waals surface area (Å²) in [5, 5.41) is 3.41. The second kappa shape index (κ2) is 6.65. The summed E-state index contributed by atoms with van der Waals surface area (Å²) in [5.41, 5.74) is 2.50. The van der Waals surface area contributed by atoms with Crippen LogP contribution in [0.2, 0.25) is 0 Å². The van der Waals surface area contributed by atoms with Crippen LogP contribution >= 0.6 is 11.3 Å². The van der Waals surface area contributed by atoms with Crippen LogP contribution in [-0.2, 0) is 12.8 Å². The Hall–Kier alpha value is -1.72. The second-order valence-electron chi connectivity index (χ2n) is 6.91. The van der Waals surface area contributed by atoms with Crippen LogP contribution in [0.25, 0.3) is 0 Å². The molecule has 4 rings (SSSR count). The minimum Gasteiger partial charge on any atom is -0.328 e. The van der Waals surface area contributed by atoms with E-state index in [1.54, 1.807) is 17.5 Å². The van der Waals surface area contributed by atoms with Crippen LogP contribution in [0.1, 0.15) is 45.1 Å². The van der Waals surface area contributed by atoms with Crippen molar-refractivity contribution in [2.75, 3.05) is 19.6 Å². The molecule has 1 fully saturated rings. The summed E-state index contributed by atoms with van der Waals surface area (Å²) in [6.07, 6.45) is 7.14. The molecule has 1 aliphatic carbocycles. The minimum absolute atomic E-state index is 0.0676. The van der Waals surface area contributed by atoms with E-state index in [9.17, 15) is 4.79 Å². The smallest absolute Gasteiger partial charge is 0.264 e. The Balaban J connectivity index is 1.60. The third-order valence-electron chi connectivity index (χ3n) is 5.11. The monoisotopic (exact) mass is 341 g/mol. The summed E-state index contributed by atoms with van der Waals surface area (Å²) in [6.45, 7) is 4.69. The summed E-state index contributed by atoms with van der Waals surface area (Å²) in [7, 11) is 0. The lowest BCUT2D eigenvalue weighted by atomic mass is 9.90. The predicted molar refractivity (Wildman–Crippen MR) is 96.4 cm³/mol. The van der Waals surface area contributed by atoms with E-state index in [0.717, 1.165) is 48.8 Å². The van der Waals surface area contributed by atoms with Gasteiger partial charge in [0.15, 0.2) is 0 Å². The molecule has 0 aromatic carbocycles. The molecule has 2 atom stereocenters. The fraction of sp³-hybridized carbons (Fsp3) is 0.474. The van der Waals surface area contributed by atoms with E-state index in [1.165, 1.54) is 16.9 Å². The van der Waals surface area contributed by atoms with Gasteiger partial charge in [-0.1, -0.05) is 13.0 Å². The summed E-state index contributed by atoms with van der Waals surface area (Å²) >= 11 is 1.71. The molecule has 2 unspecified atom stereocenters. The van der Waals surface area contributed by atoms with Crippen molar-refractivity contribution < 1.29 is 4.79 Å². The number of thiophene rings is 1. The molecule has 0 bridgehead atoms. The maximum Gasteiger partial charge on any atom is 0.264 e. The highest BCUT2D eigenvalue weighted by molar-refractivity contribution is 7.14. The zero-order chi connectivity index (χ0) is 16.5. The number of carbonyl (C=O) groups is 1. The standard InChI is InChI=1S/C19H23N3OS/c1-13-4-5-17-15(9-13)10-18(24-17)19(23)22-8-7-21-12-16(22)14-3-2-6-20-11-14/h2-3,6,10-11,13,16,21H,4-5,7-9,12H2,1H3. The Morgan fingerprint density at radius 2 is 2.38 bits per heavy atom. The molecular formula is C19H23N3OS. The molecule has 2 aliphatic rings. The Morgan fingerprint density at radius 3 is 3.21 bits per heavy atom. The lowest BCUT2D eigenvalue weighted by molar-refractivity contribution is 0.0639. The van der Waals surface area contributed by atoms with E-state index in [2.05, 4.69) is 29.4 Å². The van der Waals surface area contributed by atoms with Gasteiger partial charge >= 0.3 is 0 Å². The number of rotatable bonds is 2. The molecule has 0 spiro atoms. The van der Waals surface area contributed by atoms with Crippen molar-refractivity contribution >= 4 is 17.2 Å². The maximum absolute atomic E-state index is 13.2. The zero-order valence-corrected chi connectivity index (χ0v) is 14.8. The normalized spacial score (nSPS) is 23.8. The number of aryl methyl sites for hydroxylation is 1. The predicted octanol–water partition coefficient (Wildman–Crippen LogP) is 3.05. The second-order valence-corrected chi connectivity index (χ2v) is 8.05. The Kier molecular flexibility index (Phi) is 4.37. The fourth-order valence-electron chi connectivity index (χ4n) is 3.77. The van der Waals surface area contributed by atoms with Crippen LogP contribution in [-0.4, -0.2) is 35.4 Å². The van der Waals surface area contributed by atoms with E-state index in [0.29, 0.717) is 0 Å². The van der Waals surface area contributed by atoms with Crippen molar-refractivity contribution in [1.29, 1.82) is 0 Å². The molecule has 2 aromatic heterocycles. The average molecular weight is 341 g/mol. The first-order valence-corrected chi connectivity index (χ1v) is 9.57. The molecule has 1 amide bonds. The first-order valence-electron chi connectivity index (χ1n) is 8.75. The number of carbonyl (C=O) groups excluding carboxylic acids is 1. The average Bonchev–Trinajstić information content (AvgIpc) is 3.05. The van der Waals surface area contributed by atoms with Crippen LogP contribution in [0.15, 0.2) is 30.6 Å². The van der Waals surface area contributed by atoms with E-state index in [1.807, 2.05) is 17.2 Å². The van der Waals surface area contributed by atoms with Gasteiger partial charge < -0.3 is 10.2 Å². The number of nitrogens with zero attached hydrogens (tertiary/aromatic N) is 2. The van der Waals surface area contributed by atoms with Gasteiger partial charge in [-0.15, -0.1) is 11.3 Å². The van der Waals surface area contributed by atoms with Crippen molar-refractivity contribution in [1.82, 2.24) is 15.2 Å². The van der Waals surface area contributed by atoms with E-state index in [4.69, 9.17) is 0 Å². The first kappa shape index (κ1) is 15.8. The SMILES string of the molecule is CC1CCc2sc(C(=O)N3CCNCC3c3cccnc3)cc2C1. The summed E-state index contributed by atoms with van der Waals surface area (Å²) in [6, 6.07) is 6.22. The van der Waals surface area contributed by atoms with Crippen molar-refractivity contribution in [3.05, 3.63) is 51.5 Å². The van der Waals surface area contributed by atoms with Crippen molar-refractivity contribution in [3.8, 4) is 0 Å². The lowest BCUT2D eigenvalue weighted by Crippen LogP contribution is -2.48. The molecule has 3 heterocycles. The van der Waals surface area contributed by atoms with Gasteiger partial charge in [0, 0.05) is 36.9 Å². The molecule has 0 radical (unpaired) electrons. The van der Waals surface area contributed by atoms with Crippen LogP contribution in [0, 0.1) is 5.92 Å². The number of amides is 1. The number of nitrogens with one attached hydrogen (secondary N) is 1. The van der Waals surface area contributed by atoms with Crippen LogP contribution in [0.4, 0.5) is 0 Å². The zero-order valence-electron chi connectivity index (χ0n) is 14.0. The Bertz CT molecular complexity index is 727. The topological polar surface area (TPSA) is 45.2 Å². The summed E-state index contributed by atoms with van der Waals surface area (Å²) < 4.78 is 0. The maximum atomic E-state index is 13.2. The highest BCUT2D eigenvalue weighted by Gasteiger charge is 2.30. The number of pyridine rings is 1. The number of hydrogen-bond donors (Lipinski definition) is 1. The molecule has 2 aromatic rings. The molecule has 1 N–H and O–H groups in total. The molecule has 1 aliphatic heterocycles. The van der Waals surface area contributed by atoms with Crippen molar-refractivity contribution in [3.63, 3.8) is 0 Å². The number of piperazine rings is 1. The third kappa shape index (κ3) is 2.98. The van der Waals surface area contributed by atoms with Crippen molar-refractivity contribution in [2.45, 2.75) is 32.2 Å². The summed E-state index contributed by atoms with van der Waals surface area (Å²) in [5.74, 6) is 0.912. The first-order chi connectivity index (χ1) is 11.7. The molecule has 1 saturated heterocycles. The highest BCUT2D eigenvalue weighted by Crippen LogP contribution is 2.34. The third-order valence-corrected chi connectivity index (χ3v) is 6.34. The van der Waals surface area contributed by atoms with E-state index >= 15 is 0 Å². The lowest BCUT2D eigenvalue weighted by Gasteiger charge is -2.36. The van der Waals surface area contributed by atoms with Gasteiger partial charge in [-0.25, -0.2) is 0 Å². The molecule has 126 valence electrons. The summed E-state index contributed by atoms with van der Waals surface area (Å²) in [4.78, 5) is 21.7. The van der Waals surface area contributed by atoms with E-state index in [-0.39, 0.29) is 11.9 Å². The largest absolute Gasteiger partial charge is 0.328 e. The van der Waals surface area contributed by atoms with Crippen LogP contribution in [0.5, 0.6) is 0 Å². The molecule has 5 heteroatoms. The molecule has 24 heavy (non-hydrogen) atoms. The quantitative estimate of drug-likeness (QED) is 0.913. The Labute approximate surface area is 146 Å². The minimum atomic E-state index is 0.0676. The fourth-order valence-corrected chi connectivity index (χ4v) is 4.94. The Morgan fingerprint density at radius 1 is 1.46 bits per heavy atom. The van der Waals surface area contributed by atoms with Gasteiger partial charge in [0.25, 0.3) is 5.91 Å². The molecular weight excluding hydrogens is 318 g/mol. The van der Waals surface area contributed by atoms with E-state index < -0.39 is 0 Å². The number of fused-ring (bicyclic) bond motifs is 1. The number of hydrogen-bond acceptors (Lipinski definition) is 4. The van der Waals surface area contributed by atoms with Gasteiger partial charge in [0.2, 0.25) is 0 Å². The van der Waals surface area contributed by atoms with Crippen LogP contribution < -0.4 is 5.32 Å². The van der Waals surface area contributed by atoms with Gasteiger partial charge in [-0.2, -0.15) is 0 Å². The number of aromatic nitrogens is 1. The van der Waals surface area contributed by atoms with Crippen LogP contribution in [0.3, 0.4) is 0 Å².